The third-order valence-corrected chi connectivity index (χ3v) is 0. The maximum Gasteiger partial charge on any atom is 3.00 e. The van der Waals surface area contributed by atoms with Crippen molar-refractivity contribution in [2.45, 2.75) is 0 Å². The van der Waals surface area contributed by atoms with Crippen LogP contribution in [0.15, 0.2) is 0 Å². The third-order valence-electron chi connectivity index (χ3n) is 0. The standard InChI is InChI=1S/2CH3.Ir.H2N.Y/h2*1H3;;1H2;/q2*-1;+3;-1;. The molecule has 0 unspecified atom stereocenters. The zero-order valence-corrected chi connectivity index (χ0v) is 8.72. The van der Waals surface area contributed by atoms with Crippen LogP contribution in [0, 0.1) is 14.9 Å². The second-order valence-electron chi connectivity index (χ2n) is 0. The predicted molar refractivity (Wildman–Crippen MR) is 18.1 cm³/mol. The van der Waals surface area contributed by atoms with E-state index in [0.29, 0.717) is 0 Å². The molecule has 0 aliphatic carbocycles. The fraction of sp³-hybridized carbons (Fsp3) is 0. The smallest absolute Gasteiger partial charge is 0.693 e. The minimum atomic E-state index is 0. The summed E-state index contributed by atoms with van der Waals surface area (Å²) in [5.74, 6) is 0. The van der Waals surface area contributed by atoms with E-state index in [2.05, 4.69) is 0 Å². The van der Waals surface area contributed by atoms with Gasteiger partial charge >= 0.3 is 20.1 Å². The van der Waals surface area contributed by atoms with Crippen LogP contribution in [0.4, 0.5) is 0 Å². The fourth-order valence-electron chi connectivity index (χ4n) is 0. The molecule has 0 spiro atoms. The van der Waals surface area contributed by atoms with Gasteiger partial charge in [0.1, 0.15) is 0 Å². The first-order valence-electron chi connectivity index (χ1n) is 0. The molecule has 0 saturated heterocycles. The zero-order chi connectivity index (χ0) is 0. The van der Waals surface area contributed by atoms with Gasteiger partial charge in [0.2, 0.25) is 0 Å². The van der Waals surface area contributed by atoms with E-state index in [9.17, 15) is 0 Å². The topological polar surface area (TPSA) is 33.5 Å². The molecule has 0 saturated carbocycles. The summed E-state index contributed by atoms with van der Waals surface area (Å²) in [7, 11) is 0. The Bertz CT molecular complexity index is 9.61. The van der Waals surface area contributed by atoms with E-state index in [0.717, 1.165) is 0 Å². The van der Waals surface area contributed by atoms with Crippen LogP contribution in [-0.2, 0) is 52.8 Å². The molecular formula is C2H8IrNY. The summed E-state index contributed by atoms with van der Waals surface area (Å²) in [6, 6.07) is 0. The Balaban J connectivity index is 0. The van der Waals surface area contributed by atoms with Gasteiger partial charge in [-0.15, -0.1) is 0 Å². The van der Waals surface area contributed by atoms with Crippen molar-refractivity contribution < 1.29 is 52.8 Å². The van der Waals surface area contributed by atoms with Crippen LogP contribution in [0.3, 0.4) is 0 Å². The summed E-state index contributed by atoms with van der Waals surface area (Å²) in [6.45, 7) is 0. The molecule has 0 fully saturated rings. The second kappa shape index (κ2) is 43.2. The summed E-state index contributed by atoms with van der Waals surface area (Å²) in [4.78, 5) is 0. The van der Waals surface area contributed by atoms with Gasteiger partial charge in [0.15, 0.2) is 0 Å². The Labute approximate surface area is 73.1 Å². The monoisotopic (exact) mass is 328 g/mol. The molecule has 0 aromatic rings. The average Bonchev–Trinajstić information content (AvgIpc) is 0. The molecule has 3 heteroatoms. The van der Waals surface area contributed by atoms with Gasteiger partial charge in [-0.05, 0) is 0 Å². The van der Waals surface area contributed by atoms with Crippen LogP contribution < -0.4 is 0 Å². The van der Waals surface area contributed by atoms with Crippen LogP contribution in [-0.4, -0.2) is 0 Å². The first-order chi connectivity index (χ1) is 0. The minimum Gasteiger partial charge on any atom is -0.693 e. The SMILES string of the molecule is [CH3-].[CH3-].[Ir+3].[NH2-].[Y]. The summed E-state index contributed by atoms with van der Waals surface area (Å²) in [5, 5.41) is 0. The van der Waals surface area contributed by atoms with Gasteiger partial charge < -0.3 is 21.0 Å². The molecule has 0 heterocycles. The molecule has 33 valence electrons. The molecule has 0 aliphatic heterocycles. The number of hydrogen-bond acceptors (Lipinski definition) is 0. The largest absolute Gasteiger partial charge is 3.00 e. The number of rotatable bonds is 0. The van der Waals surface area contributed by atoms with Crippen LogP contribution in [0.1, 0.15) is 0 Å². The Morgan fingerprint density at radius 3 is 0.800 bits per heavy atom. The molecule has 0 amide bonds. The van der Waals surface area contributed by atoms with E-state index >= 15 is 0 Å². The summed E-state index contributed by atoms with van der Waals surface area (Å²) < 4.78 is 0. The Morgan fingerprint density at radius 2 is 0.800 bits per heavy atom. The fourth-order valence-corrected chi connectivity index (χ4v) is 0. The van der Waals surface area contributed by atoms with Crippen LogP contribution in [0.2, 0.25) is 0 Å². The Hall–Kier alpha value is 1.71. The van der Waals surface area contributed by atoms with Gasteiger partial charge in [-0.1, -0.05) is 0 Å². The van der Waals surface area contributed by atoms with E-state index in [4.69, 9.17) is 0 Å². The van der Waals surface area contributed by atoms with Crippen molar-refractivity contribution in [2.75, 3.05) is 0 Å². The zero-order valence-electron chi connectivity index (χ0n) is 3.49. The van der Waals surface area contributed by atoms with Gasteiger partial charge in [0.25, 0.3) is 0 Å². The van der Waals surface area contributed by atoms with Crippen molar-refractivity contribution in [3.8, 4) is 0 Å². The van der Waals surface area contributed by atoms with Crippen molar-refractivity contribution in [1.82, 2.24) is 0 Å². The second-order valence-corrected chi connectivity index (χ2v) is 0. The van der Waals surface area contributed by atoms with Crippen LogP contribution in [0.5, 0.6) is 0 Å². The van der Waals surface area contributed by atoms with E-state index in [-0.39, 0.29) is 73.8 Å². The van der Waals surface area contributed by atoms with Crippen molar-refractivity contribution >= 4 is 0 Å². The molecule has 0 atom stereocenters. The molecule has 1 nitrogen and oxygen atoms in total. The van der Waals surface area contributed by atoms with E-state index in [1.54, 1.807) is 0 Å². The first-order valence-corrected chi connectivity index (χ1v) is 0. The molecule has 0 bridgehead atoms. The predicted octanol–water partition coefficient (Wildman–Crippen LogP) is 1.61. The van der Waals surface area contributed by atoms with Crippen molar-refractivity contribution in [2.24, 2.45) is 0 Å². The van der Waals surface area contributed by atoms with Gasteiger partial charge in [-0.25, -0.2) is 0 Å². The molecule has 0 aliphatic rings. The van der Waals surface area contributed by atoms with E-state index < -0.39 is 0 Å². The Morgan fingerprint density at radius 1 is 0.800 bits per heavy atom. The molecular weight excluding hydrogens is 319 g/mol. The number of hydrogen-bond donors (Lipinski definition) is 0. The van der Waals surface area contributed by atoms with Crippen molar-refractivity contribution in [3.05, 3.63) is 21.0 Å². The van der Waals surface area contributed by atoms with Gasteiger partial charge in [-0.3, -0.25) is 0 Å². The maximum atomic E-state index is 0. The summed E-state index contributed by atoms with van der Waals surface area (Å²) in [5.41, 5.74) is 0. The average molecular weight is 327 g/mol. The van der Waals surface area contributed by atoms with E-state index in [1.165, 1.54) is 0 Å². The molecule has 0 aromatic carbocycles. The van der Waals surface area contributed by atoms with Gasteiger partial charge in [0, 0.05) is 32.7 Å². The molecule has 5 heavy (non-hydrogen) atoms. The molecule has 1 radical (unpaired) electrons. The first kappa shape index (κ1) is 74.7. The number of nitrogens with two attached hydrogens (primary N) is 1. The van der Waals surface area contributed by atoms with Crippen LogP contribution in [0.25, 0.3) is 6.15 Å². The minimum absolute atomic E-state index is 0. The summed E-state index contributed by atoms with van der Waals surface area (Å²) >= 11 is 0. The quantitative estimate of drug-likeness (QED) is 0.606. The van der Waals surface area contributed by atoms with Crippen LogP contribution >= 0.6 is 0 Å². The normalized spacial score (nSPS) is 0. The maximum absolute atomic E-state index is 0. The van der Waals surface area contributed by atoms with Crippen molar-refractivity contribution in [3.63, 3.8) is 0 Å². The van der Waals surface area contributed by atoms with Gasteiger partial charge in [0.05, 0.1) is 0 Å². The molecule has 0 aromatic heterocycles. The Kier molecular flexibility index (Phi) is 646. The molecule has 0 rings (SSSR count). The summed E-state index contributed by atoms with van der Waals surface area (Å²) in [6.07, 6.45) is 0. The molecule has 2 N–H and O–H groups in total. The van der Waals surface area contributed by atoms with Gasteiger partial charge in [-0.2, -0.15) is 0 Å². The third kappa shape index (κ3) is 26.8. The van der Waals surface area contributed by atoms with Crippen molar-refractivity contribution in [1.29, 1.82) is 0 Å². The van der Waals surface area contributed by atoms with E-state index in [1.807, 2.05) is 0 Å².